The van der Waals surface area contributed by atoms with Crippen molar-refractivity contribution in [3.8, 4) is 0 Å². The molecule has 0 spiro atoms. The maximum Gasteiger partial charge on any atom is 0.228 e. The van der Waals surface area contributed by atoms with E-state index in [2.05, 4.69) is 6.92 Å². The summed E-state index contributed by atoms with van der Waals surface area (Å²) in [6.07, 6.45) is 7.38. The van der Waals surface area contributed by atoms with Crippen LogP contribution in [0.25, 0.3) is 0 Å². The molecule has 0 aromatic heterocycles. The van der Waals surface area contributed by atoms with Crippen LogP contribution in [0.1, 0.15) is 57.4 Å². The van der Waals surface area contributed by atoms with Gasteiger partial charge in [0.1, 0.15) is 0 Å². The molecule has 1 aromatic carbocycles. The molecule has 3 heterocycles. The van der Waals surface area contributed by atoms with Crippen molar-refractivity contribution in [2.24, 2.45) is 11.8 Å². The van der Waals surface area contributed by atoms with Gasteiger partial charge in [0.25, 0.3) is 0 Å². The number of benzene rings is 1. The summed E-state index contributed by atoms with van der Waals surface area (Å²) in [6, 6.07) is 8.04. The second-order valence-corrected chi connectivity index (χ2v) is 9.26. The van der Waals surface area contributed by atoms with Crippen molar-refractivity contribution in [2.75, 3.05) is 37.6 Å². The Morgan fingerprint density at radius 2 is 1.42 bits per heavy atom. The van der Waals surface area contributed by atoms with Crippen molar-refractivity contribution in [3.63, 3.8) is 0 Å². The fraction of sp³-hybridized carbons (Fsp3) is 0.640. The molecule has 3 aliphatic heterocycles. The molecular formula is C25H35N3O3. The zero-order valence-corrected chi connectivity index (χ0v) is 18.7. The maximum atomic E-state index is 13.1. The molecule has 168 valence electrons. The van der Waals surface area contributed by atoms with Gasteiger partial charge in [-0.05, 0) is 49.8 Å². The molecule has 3 aliphatic rings. The Morgan fingerprint density at radius 1 is 0.839 bits per heavy atom. The number of piperidine rings is 1. The van der Waals surface area contributed by atoms with Gasteiger partial charge >= 0.3 is 0 Å². The smallest absolute Gasteiger partial charge is 0.228 e. The van der Waals surface area contributed by atoms with E-state index in [0.717, 1.165) is 50.9 Å². The van der Waals surface area contributed by atoms with Crippen molar-refractivity contribution in [1.29, 1.82) is 0 Å². The summed E-state index contributed by atoms with van der Waals surface area (Å²) in [5, 5.41) is 0. The third-order valence-corrected chi connectivity index (χ3v) is 7.20. The Morgan fingerprint density at radius 3 is 2.03 bits per heavy atom. The topological polar surface area (TPSA) is 60.9 Å². The minimum Gasteiger partial charge on any atom is -0.342 e. The van der Waals surface area contributed by atoms with Gasteiger partial charge in [0, 0.05) is 50.7 Å². The highest BCUT2D eigenvalue weighted by Crippen LogP contribution is 2.29. The molecule has 4 rings (SSSR count). The molecule has 0 radical (unpaired) electrons. The van der Waals surface area contributed by atoms with Crippen LogP contribution >= 0.6 is 0 Å². The highest BCUT2D eigenvalue weighted by atomic mass is 16.2. The standard InChI is InChI=1S/C25H35N3O3/c1-2-19-7-9-22(10-8-19)28-18-21(17-23(28)29)25(31)27-15-11-20(12-16-27)24(30)26-13-5-3-4-6-14-26/h7-10,20-21H,2-6,11-18H2,1H3. The molecule has 1 aromatic rings. The molecule has 6 nitrogen and oxygen atoms in total. The monoisotopic (exact) mass is 425 g/mol. The molecule has 0 bridgehead atoms. The second kappa shape index (κ2) is 9.84. The van der Waals surface area contributed by atoms with E-state index < -0.39 is 0 Å². The number of nitrogens with zero attached hydrogens (tertiary/aromatic N) is 3. The van der Waals surface area contributed by atoms with E-state index in [4.69, 9.17) is 0 Å². The Hall–Kier alpha value is -2.37. The number of anilines is 1. The summed E-state index contributed by atoms with van der Waals surface area (Å²) < 4.78 is 0. The van der Waals surface area contributed by atoms with Crippen LogP contribution < -0.4 is 4.90 Å². The number of amides is 3. The molecular weight excluding hydrogens is 390 g/mol. The van der Waals surface area contributed by atoms with Gasteiger partial charge in [-0.2, -0.15) is 0 Å². The van der Waals surface area contributed by atoms with E-state index in [9.17, 15) is 14.4 Å². The molecule has 0 saturated carbocycles. The molecule has 0 aliphatic carbocycles. The predicted octanol–water partition coefficient (Wildman–Crippen LogP) is 3.24. The first-order chi connectivity index (χ1) is 15.1. The van der Waals surface area contributed by atoms with E-state index in [-0.39, 0.29) is 36.0 Å². The lowest BCUT2D eigenvalue weighted by Gasteiger charge is -2.35. The average molecular weight is 426 g/mol. The quantitative estimate of drug-likeness (QED) is 0.744. The number of hydrogen-bond acceptors (Lipinski definition) is 3. The zero-order chi connectivity index (χ0) is 21.8. The Bertz CT molecular complexity index is 791. The minimum absolute atomic E-state index is 0.0221. The van der Waals surface area contributed by atoms with E-state index in [0.29, 0.717) is 19.6 Å². The SMILES string of the molecule is CCc1ccc(N2CC(C(=O)N3CCC(C(=O)N4CCCCCC4)CC3)CC2=O)cc1. The fourth-order valence-electron chi connectivity index (χ4n) is 5.19. The Labute approximate surface area is 185 Å². The molecule has 3 amide bonds. The third-order valence-electron chi connectivity index (χ3n) is 7.20. The summed E-state index contributed by atoms with van der Waals surface area (Å²) in [5.41, 5.74) is 2.11. The van der Waals surface area contributed by atoms with Gasteiger partial charge in [-0.1, -0.05) is 31.9 Å². The van der Waals surface area contributed by atoms with Crippen molar-refractivity contribution < 1.29 is 14.4 Å². The van der Waals surface area contributed by atoms with Gasteiger partial charge in [0.15, 0.2) is 0 Å². The largest absolute Gasteiger partial charge is 0.342 e. The van der Waals surface area contributed by atoms with Crippen molar-refractivity contribution >= 4 is 23.4 Å². The van der Waals surface area contributed by atoms with Gasteiger partial charge in [-0.15, -0.1) is 0 Å². The predicted molar refractivity (Wildman–Crippen MR) is 121 cm³/mol. The molecule has 1 unspecified atom stereocenters. The van der Waals surface area contributed by atoms with Crippen LogP contribution in [-0.2, 0) is 20.8 Å². The molecule has 3 fully saturated rings. The van der Waals surface area contributed by atoms with Gasteiger partial charge in [0.05, 0.1) is 5.92 Å². The zero-order valence-electron chi connectivity index (χ0n) is 18.7. The lowest BCUT2D eigenvalue weighted by atomic mass is 9.94. The van der Waals surface area contributed by atoms with Crippen LogP contribution in [0.3, 0.4) is 0 Å². The lowest BCUT2D eigenvalue weighted by Crippen LogP contribution is -2.46. The van der Waals surface area contributed by atoms with Gasteiger partial charge in [-0.3, -0.25) is 14.4 Å². The van der Waals surface area contributed by atoms with Gasteiger partial charge in [-0.25, -0.2) is 0 Å². The van der Waals surface area contributed by atoms with Gasteiger partial charge < -0.3 is 14.7 Å². The van der Waals surface area contributed by atoms with Crippen molar-refractivity contribution in [2.45, 2.75) is 58.3 Å². The Balaban J connectivity index is 1.30. The summed E-state index contributed by atoms with van der Waals surface area (Å²) in [5.74, 6) is 0.138. The third kappa shape index (κ3) is 4.94. The number of aryl methyl sites for hydroxylation is 1. The van der Waals surface area contributed by atoms with Crippen LogP contribution in [0.4, 0.5) is 5.69 Å². The van der Waals surface area contributed by atoms with E-state index in [1.807, 2.05) is 34.1 Å². The molecule has 1 atom stereocenters. The molecule has 3 saturated heterocycles. The van der Waals surface area contributed by atoms with Crippen LogP contribution in [0.5, 0.6) is 0 Å². The second-order valence-electron chi connectivity index (χ2n) is 9.26. The lowest BCUT2D eigenvalue weighted by molar-refractivity contribution is -0.142. The first-order valence-electron chi connectivity index (χ1n) is 12.0. The number of carbonyl (C=O) groups is 3. The molecule has 0 N–H and O–H groups in total. The molecule has 6 heteroatoms. The van der Waals surface area contributed by atoms with Gasteiger partial charge in [0.2, 0.25) is 17.7 Å². The first-order valence-corrected chi connectivity index (χ1v) is 12.0. The minimum atomic E-state index is -0.281. The fourth-order valence-corrected chi connectivity index (χ4v) is 5.19. The van der Waals surface area contributed by atoms with Crippen LogP contribution in [0.15, 0.2) is 24.3 Å². The average Bonchev–Trinajstić information content (AvgIpc) is 3.01. The summed E-state index contributed by atoms with van der Waals surface area (Å²) >= 11 is 0. The maximum absolute atomic E-state index is 13.1. The normalized spacial score (nSPS) is 23.2. The summed E-state index contributed by atoms with van der Waals surface area (Å²) in [7, 11) is 0. The van der Waals surface area contributed by atoms with Crippen LogP contribution in [0, 0.1) is 11.8 Å². The van der Waals surface area contributed by atoms with Crippen molar-refractivity contribution in [1.82, 2.24) is 9.80 Å². The van der Waals surface area contributed by atoms with E-state index >= 15 is 0 Å². The number of hydrogen-bond donors (Lipinski definition) is 0. The molecule has 31 heavy (non-hydrogen) atoms. The first kappa shape index (κ1) is 21.8. The summed E-state index contributed by atoms with van der Waals surface area (Å²) in [6.45, 7) is 5.58. The van der Waals surface area contributed by atoms with Crippen LogP contribution in [0.2, 0.25) is 0 Å². The number of carbonyl (C=O) groups excluding carboxylic acids is 3. The van der Waals surface area contributed by atoms with Crippen molar-refractivity contribution in [3.05, 3.63) is 29.8 Å². The highest BCUT2D eigenvalue weighted by molar-refractivity contribution is 6.00. The number of rotatable bonds is 4. The van der Waals surface area contributed by atoms with Crippen LogP contribution in [-0.4, -0.2) is 60.2 Å². The highest BCUT2D eigenvalue weighted by Gasteiger charge is 2.39. The summed E-state index contributed by atoms with van der Waals surface area (Å²) in [4.78, 5) is 44.3. The van der Waals surface area contributed by atoms with E-state index in [1.54, 1.807) is 4.90 Å². The number of likely N-dealkylation sites (tertiary alicyclic amines) is 2. The Kier molecular flexibility index (Phi) is 6.93. The van der Waals surface area contributed by atoms with E-state index in [1.165, 1.54) is 18.4 Å².